The highest BCUT2D eigenvalue weighted by atomic mass is 35.5. The molecule has 2 rings (SSSR count). The van der Waals surface area contributed by atoms with Crippen LogP contribution in [0.4, 0.5) is 5.69 Å². The van der Waals surface area contributed by atoms with Crippen LogP contribution in [0.1, 0.15) is 13.3 Å². The van der Waals surface area contributed by atoms with Crippen LogP contribution < -0.4 is 18.9 Å². The molecule has 8 heteroatoms. The van der Waals surface area contributed by atoms with Crippen molar-refractivity contribution in [2.75, 3.05) is 25.5 Å². The molecule has 0 aliphatic rings. The van der Waals surface area contributed by atoms with Gasteiger partial charge in [-0.3, -0.25) is 4.72 Å². The molecule has 0 aliphatic carbocycles. The normalized spacial score (nSPS) is 11.0. The van der Waals surface area contributed by atoms with Gasteiger partial charge in [0.05, 0.1) is 36.4 Å². The maximum atomic E-state index is 12.6. The van der Waals surface area contributed by atoms with Gasteiger partial charge in [0.15, 0.2) is 0 Å². The summed E-state index contributed by atoms with van der Waals surface area (Å²) in [5.74, 6) is 1.24. The van der Waals surface area contributed by atoms with Crippen molar-refractivity contribution in [2.45, 2.75) is 18.2 Å². The fourth-order valence-electron chi connectivity index (χ4n) is 2.08. The standard InChI is InChI=1S/C17H20ClNO5S/c1-4-9-24-12-5-7-13(8-6-12)25(20,21)19-15-11-16(22-2)14(18)10-17(15)23-3/h5-8,10-11,19H,4,9H2,1-3H3. The van der Waals surface area contributed by atoms with E-state index >= 15 is 0 Å². The van der Waals surface area contributed by atoms with Crippen molar-refractivity contribution < 1.29 is 22.6 Å². The summed E-state index contributed by atoms with van der Waals surface area (Å²) in [5, 5.41) is 0.319. The summed E-state index contributed by atoms with van der Waals surface area (Å²) >= 11 is 6.03. The number of benzene rings is 2. The molecule has 0 unspecified atom stereocenters. The highest BCUT2D eigenvalue weighted by molar-refractivity contribution is 7.92. The molecule has 0 radical (unpaired) electrons. The first-order valence-corrected chi connectivity index (χ1v) is 9.44. The Balaban J connectivity index is 2.29. The Kier molecular flexibility index (Phi) is 6.39. The lowest BCUT2D eigenvalue weighted by Gasteiger charge is -2.14. The number of hydrogen-bond acceptors (Lipinski definition) is 5. The van der Waals surface area contributed by atoms with Crippen molar-refractivity contribution in [2.24, 2.45) is 0 Å². The zero-order chi connectivity index (χ0) is 18.4. The van der Waals surface area contributed by atoms with Crippen LogP contribution in [0, 0.1) is 0 Å². The lowest BCUT2D eigenvalue weighted by atomic mass is 10.3. The third-order valence-corrected chi connectivity index (χ3v) is 5.00. The smallest absolute Gasteiger partial charge is 0.262 e. The molecule has 0 aliphatic heterocycles. The van der Waals surface area contributed by atoms with Gasteiger partial charge in [-0.15, -0.1) is 0 Å². The molecule has 0 amide bonds. The van der Waals surface area contributed by atoms with E-state index in [2.05, 4.69) is 4.72 Å². The molecule has 1 N–H and O–H groups in total. The van der Waals surface area contributed by atoms with Gasteiger partial charge in [-0.25, -0.2) is 8.42 Å². The molecule has 0 bridgehead atoms. The molecule has 0 atom stereocenters. The number of ether oxygens (including phenoxy) is 3. The molecule has 6 nitrogen and oxygen atoms in total. The minimum absolute atomic E-state index is 0.104. The average molecular weight is 386 g/mol. The van der Waals surface area contributed by atoms with Crippen molar-refractivity contribution in [3.8, 4) is 17.2 Å². The van der Waals surface area contributed by atoms with E-state index < -0.39 is 10.0 Å². The van der Waals surface area contributed by atoms with Crippen LogP contribution in [0.3, 0.4) is 0 Å². The number of anilines is 1. The fraction of sp³-hybridized carbons (Fsp3) is 0.294. The maximum absolute atomic E-state index is 12.6. The number of rotatable bonds is 8. The Morgan fingerprint density at radius 2 is 1.68 bits per heavy atom. The van der Waals surface area contributed by atoms with Crippen LogP contribution in [0.15, 0.2) is 41.3 Å². The zero-order valence-electron chi connectivity index (χ0n) is 14.2. The third-order valence-electron chi connectivity index (χ3n) is 3.33. The molecular formula is C17H20ClNO5S. The lowest BCUT2D eigenvalue weighted by molar-refractivity contribution is 0.317. The summed E-state index contributed by atoms with van der Waals surface area (Å²) in [5.41, 5.74) is 0.232. The van der Waals surface area contributed by atoms with Gasteiger partial charge in [0, 0.05) is 12.1 Å². The van der Waals surface area contributed by atoms with Crippen LogP contribution >= 0.6 is 11.6 Å². The van der Waals surface area contributed by atoms with Gasteiger partial charge < -0.3 is 14.2 Å². The van der Waals surface area contributed by atoms with Crippen molar-refractivity contribution in [3.05, 3.63) is 41.4 Å². The van der Waals surface area contributed by atoms with E-state index in [0.717, 1.165) is 6.42 Å². The molecule has 0 fully saturated rings. The van der Waals surface area contributed by atoms with Gasteiger partial charge >= 0.3 is 0 Å². The molecule has 0 aromatic heterocycles. The lowest BCUT2D eigenvalue weighted by Crippen LogP contribution is -2.13. The Morgan fingerprint density at radius 1 is 1.04 bits per heavy atom. The monoisotopic (exact) mass is 385 g/mol. The molecule has 0 heterocycles. The molecule has 0 saturated carbocycles. The predicted octanol–water partition coefficient (Wildman–Crippen LogP) is 3.95. The van der Waals surface area contributed by atoms with Crippen molar-refractivity contribution in [3.63, 3.8) is 0 Å². The van der Waals surface area contributed by atoms with Crippen LogP contribution in [0.2, 0.25) is 5.02 Å². The van der Waals surface area contributed by atoms with E-state index in [1.807, 2.05) is 6.92 Å². The first-order chi connectivity index (χ1) is 11.9. The van der Waals surface area contributed by atoms with E-state index in [-0.39, 0.29) is 16.3 Å². The number of nitrogens with one attached hydrogen (secondary N) is 1. The van der Waals surface area contributed by atoms with E-state index in [1.165, 1.54) is 38.5 Å². The molecule has 2 aromatic carbocycles. The fourth-order valence-corrected chi connectivity index (χ4v) is 3.37. The molecule has 0 spiro atoms. The van der Waals surface area contributed by atoms with Gasteiger partial charge in [-0.05, 0) is 30.7 Å². The first-order valence-electron chi connectivity index (χ1n) is 7.58. The summed E-state index contributed by atoms with van der Waals surface area (Å²) in [6.45, 7) is 2.57. The quantitative estimate of drug-likeness (QED) is 0.744. The first kappa shape index (κ1) is 19.2. The molecule has 0 saturated heterocycles. The second kappa shape index (κ2) is 8.31. The van der Waals surface area contributed by atoms with Gasteiger partial charge in [0.25, 0.3) is 10.0 Å². The predicted molar refractivity (Wildman–Crippen MR) is 97.6 cm³/mol. The van der Waals surface area contributed by atoms with Crippen molar-refractivity contribution in [1.82, 2.24) is 0 Å². The van der Waals surface area contributed by atoms with Crippen LogP contribution in [0.5, 0.6) is 17.2 Å². The van der Waals surface area contributed by atoms with Crippen molar-refractivity contribution in [1.29, 1.82) is 0 Å². The minimum Gasteiger partial charge on any atom is -0.495 e. The van der Waals surface area contributed by atoms with Crippen LogP contribution in [0.25, 0.3) is 0 Å². The molecular weight excluding hydrogens is 366 g/mol. The topological polar surface area (TPSA) is 73.9 Å². The van der Waals surface area contributed by atoms with Gasteiger partial charge in [0.2, 0.25) is 0 Å². The summed E-state index contributed by atoms with van der Waals surface area (Å²) in [6, 6.07) is 9.14. The zero-order valence-corrected chi connectivity index (χ0v) is 15.8. The van der Waals surface area contributed by atoms with Crippen LogP contribution in [-0.4, -0.2) is 29.2 Å². The molecule has 136 valence electrons. The number of hydrogen-bond donors (Lipinski definition) is 1. The Bertz CT molecular complexity index is 822. The van der Waals surface area contributed by atoms with Crippen molar-refractivity contribution >= 4 is 27.3 Å². The number of sulfonamides is 1. The second-order valence-electron chi connectivity index (χ2n) is 5.11. The summed E-state index contributed by atoms with van der Waals surface area (Å²) < 4.78 is 43.4. The van der Waals surface area contributed by atoms with Gasteiger partial charge in [-0.2, -0.15) is 0 Å². The van der Waals surface area contributed by atoms with E-state index in [4.69, 9.17) is 25.8 Å². The summed E-state index contributed by atoms with van der Waals surface area (Å²) in [6.07, 6.45) is 0.875. The third kappa shape index (κ3) is 4.70. The highest BCUT2D eigenvalue weighted by Crippen LogP contribution is 2.37. The second-order valence-corrected chi connectivity index (χ2v) is 7.20. The van der Waals surface area contributed by atoms with Gasteiger partial charge in [-0.1, -0.05) is 18.5 Å². The van der Waals surface area contributed by atoms with E-state index in [1.54, 1.807) is 12.1 Å². The molecule has 25 heavy (non-hydrogen) atoms. The Labute approximate surface area is 152 Å². The number of methoxy groups -OCH3 is 2. The van der Waals surface area contributed by atoms with E-state index in [9.17, 15) is 8.42 Å². The Morgan fingerprint density at radius 3 is 2.24 bits per heavy atom. The Hall–Kier alpha value is -2.12. The summed E-state index contributed by atoms with van der Waals surface area (Å²) in [7, 11) is -0.933. The minimum atomic E-state index is -3.81. The number of halogens is 1. The average Bonchev–Trinajstić information content (AvgIpc) is 2.61. The molecule has 2 aromatic rings. The van der Waals surface area contributed by atoms with Crippen LogP contribution in [-0.2, 0) is 10.0 Å². The maximum Gasteiger partial charge on any atom is 0.262 e. The highest BCUT2D eigenvalue weighted by Gasteiger charge is 2.18. The van der Waals surface area contributed by atoms with Gasteiger partial charge in [0.1, 0.15) is 17.2 Å². The SMILES string of the molecule is CCCOc1ccc(S(=O)(=O)Nc2cc(OC)c(Cl)cc2OC)cc1. The van der Waals surface area contributed by atoms with E-state index in [0.29, 0.717) is 23.1 Å². The summed E-state index contributed by atoms with van der Waals surface area (Å²) in [4.78, 5) is 0.104. The largest absolute Gasteiger partial charge is 0.495 e.